The lowest BCUT2D eigenvalue weighted by Crippen LogP contribution is -2.70. The summed E-state index contributed by atoms with van der Waals surface area (Å²) in [6.07, 6.45) is 7.23. The summed E-state index contributed by atoms with van der Waals surface area (Å²) in [7, 11) is 0. The summed E-state index contributed by atoms with van der Waals surface area (Å²) in [5, 5.41) is 36.1. The van der Waals surface area contributed by atoms with Crippen molar-refractivity contribution in [1.29, 1.82) is 0 Å². The van der Waals surface area contributed by atoms with E-state index >= 15 is 0 Å². The van der Waals surface area contributed by atoms with E-state index in [2.05, 4.69) is 12.7 Å². The smallest absolute Gasteiger partial charge is 0.410 e. The monoisotopic (exact) mass is 909 g/mol. The van der Waals surface area contributed by atoms with Crippen molar-refractivity contribution in [2.45, 2.75) is 89.4 Å². The number of carbonyl (C=O) groups excluding carboxylic acids is 1. The van der Waals surface area contributed by atoms with Gasteiger partial charge < -0.3 is 34.0 Å². The molecule has 0 spiro atoms. The van der Waals surface area contributed by atoms with Gasteiger partial charge in [0.05, 0.1) is 29.8 Å². The van der Waals surface area contributed by atoms with Crippen LogP contribution in [0.4, 0.5) is 19.3 Å². The van der Waals surface area contributed by atoms with Crippen LogP contribution >= 0.6 is 0 Å². The van der Waals surface area contributed by atoms with Gasteiger partial charge in [0.2, 0.25) is 5.79 Å². The van der Waals surface area contributed by atoms with Crippen molar-refractivity contribution in [2.24, 2.45) is 22.9 Å². The second-order valence-electron chi connectivity index (χ2n) is 16.8. The van der Waals surface area contributed by atoms with Crippen molar-refractivity contribution in [3.8, 4) is 11.5 Å². The predicted octanol–water partition coefficient (Wildman–Crippen LogP) is 9.94. The maximum absolute atomic E-state index is 14.8. The van der Waals surface area contributed by atoms with E-state index in [9.17, 15) is 33.9 Å². The number of fused-ring (bicyclic) bond motifs is 2. The molecule has 4 aromatic rings. The molecular weight excluding hydrogens is 853 g/mol. The van der Waals surface area contributed by atoms with Gasteiger partial charge in [-0.3, -0.25) is 15.0 Å². The lowest BCUT2D eigenvalue weighted by atomic mass is 9.55. The normalized spacial score (nSPS) is 22.3. The van der Waals surface area contributed by atoms with E-state index < -0.39 is 34.6 Å². The molecular formula is C51H57F2N3O10. The van der Waals surface area contributed by atoms with Crippen LogP contribution < -0.4 is 9.47 Å². The van der Waals surface area contributed by atoms with Gasteiger partial charge in [-0.15, -0.1) is 6.58 Å². The molecule has 15 heteroatoms. The molecule has 2 N–H and O–H groups in total. The van der Waals surface area contributed by atoms with Crippen molar-refractivity contribution in [3.63, 3.8) is 0 Å². The number of hydrogen-bond acceptors (Lipinski definition) is 11. The number of nitrogens with zero attached hydrogens (tertiary/aromatic N) is 3. The number of carbonyl (C=O) groups is 1. The van der Waals surface area contributed by atoms with Crippen LogP contribution in [-0.2, 0) is 34.1 Å². The Bertz CT molecular complexity index is 2360. The number of benzene rings is 4. The first-order chi connectivity index (χ1) is 32.1. The molecule has 7 rings (SSSR count). The minimum atomic E-state index is -1.61. The number of unbranched alkanes of at least 4 members (excludes halogenated alkanes) is 2. The van der Waals surface area contributed by atoms with Crippen molar-refractivity contribution >= 4 is 17.5 Å². The van der Waals surface area contributed by atoms with Gasteiger partial charge in [-0.1, -0.05) is 60.5 Å². The van der Waals surface area contributed by atoms with E-state index in [0.29, 0.717) is 59.6 Å². The third-order valence-corrected chi connectivity index (χ3v) is 12.7. The molecule has 0 radical (unpaired) electrons. The molecule has 1 amide bonds. The number of amides is 1. The topological polar surface area (TPSA) is 162 Å². The van der Waals surface area contributed by atoms with E-state index in [1.165, 1.54) is 30.3 Å². The Labute approximate surface area is 383 Å². The largest absolute Gasteiger partial charge is 0.489 e. The number of oxime groups is 1. The number of ether oxygens (including phenoxy) is 4. The number of halogens is 2. The summed E-state index contributed by atoms with van der Waals surface area (Å²) in [6, 6.07) is 22.8. The SMILES string of the molecule is C=CCO[C@@]12Oc3ccc(OCc4ccccc4F)cc3[C@H]3[C@H](CCCCO)[C@@H](CCCCO)C=C(C(=NOCc4ccc([N+](=O)[O-])cc4)C[C@@H]1N(Cc1ccc(F)cc1)C(=O)OCC)[C@H]32. The Hall–Kier alpha value is -6.16. The quantitative estimate of drug-likeness (QED) is 0.0336. The summed E-state index contributed by atoms with van der Waals surface area (Å²) in [5.74, 6) is -2.65. The van der Waals surface area contributed by atoms with E-state index in [1.54, 1.807) is 66.4 Å². The summed E-state index contributed by atoms with van der Waals surface area (Å²) >= 11 is 0. The van der Waals surface area contributed by atoms with Crippen LogP contribution in [-0.4, -0.2) is 70.1 Å². The first-order valence-corrected chi connectivity index (χ1v) is 22.6. The molecule has 0 unspecified atom stereocenters. The maximum Gasteiger partial charge on any atom is 0.410 e. The average Bonchev–Trinajstić information content (AvgIpc) is 3.32. The maximum atomic E-state index is 14.8. The zero-order valence-electron chi connectivity index (χ0n) is 37.1. The number of aliphatic hydroxyl groups is 2. The number of nitro benzene ring substituents is 1. The Kier molecular flexibility index (Phi) is 16.2. The van der Waals surface area contributed by atoms with Crippen LogP contribution in [0.15, 0.2) is 120 Å². The molecule has 0 bridgehead atoms. The number of nitro groups is 1. The fourth-order valence-corrected chi connectivity index (χ4v) is 9.71. The van der Waals surface area contributed by atoms with Gasteiger partial charge in [-0.25, -0.2) is 13.6 Å². The van der Waals surface area contributed by atoms with Crippen molar-refractivity contribution in [3.05, 3.63) is 159 Å². The fourth-order valence-electron chi connectivity index (χ4n) is 9.71. The van der Waals surface area contributed by atoms with Crippen LogP contribution in [0.3, 0.4) is 0 Å². The first-order valence-electron chi connectivity index (χ1n) is 22.6. The summed E-state index contributed by atoms with van der Waals surface area (Å²) in [4.78, 5) is 33.0. The van der Waals surface area contributed by atoms with Crippen LogP contribution in [0.5, 0.6) is 11.5 Å². The third-order valence-electron chi connectivity index (χ3n) is 12.7. The van der Waals surface area contributed by atoms with Crippen LogP contribution in [0.25, 0.3) is 0 Å². The highest BCUT2D eigenvalue weighted by atomic mass is 19.1. The molecule has 6 atom stereocenters. The van der Waals surface area contributed by atoms with Crippen molar-refractivity contribution in [2.75, 3.05) is 26.4 Å². The molecule has 1 fully saturated rings. The molecule has 3 aliphatic rings. The van der Waals surface area contributed by atoms with Gasteiger partial charge in [0.15, 0.2) is 0 Å². The van der Waals surface area contributed by atoms with E-state index in [1.807, 2.05) is 12.1 Å². The molecule has 66 heavy (non-hydrogen) atoms. The lowest BCUT2D eigenvalue weighted by Gasteiger charge is -2.59. The second-order valence-corrected chi connectivity index (χ2v) is 16.8. The Morgan fingerprint density at radius 1 is 0.970 bits per heavy atom. The number of hydrogen-bond donors (Lipinski definition) is 2. The second kappa shape index (κ2) is 22.4. The first kappa shape index (κ1) is 47.8. The Morgan fingerprint density at radius 2 is 1.70 bits per heavy atom. The molecule has 1 aliphatic heterocycles. The lowest BCUT2D eigenvalue weighted by molar-refractivity contribution is -0.384. The zero-order valence-corrected chi connectivity index (χ0v) is 37.1. The van der Waals surface area contributed by atoms with Crippen LogP contribution in [0, 0.1) is 39.5 Å². The summed E-state index contributed by atoms with van der Waals surface area (Å²) in [5.41, 5.74) is 3.70. The molecule has 13 nitrogen and oxygen atoms in total. The van der Waals surface area contributed by atoms with Gasteiger partial charge >= 0.3 is 6.09 Å². The number of rotatable bonds is 22. The fraction of sp³-hybridized carbons (Fsp3) is 0.412. The predicted molar refractivity (Wildman–Crippen MR) is 243 cm³/mol. The molecule has 1 saturated carbocycles. The molecule has 350 valence electrons. The standard InChI is InChI=1S/C51H57F2N3O10/c1-3-27-64-51-47(55(50(59)62-4-2)31-34-15-19-38(52)20-16-34)30-45(54-65-32-35-17-21-39(22-18-35)56(60)61)42-28-36(11-7-9-25-57)41(13-8-10-26-58)48(49(42)51)43-29-40(23-24-46(43)66-51)63-33-37-12-5-6-14-44(37)53/h3,5-6,12,14-24,28-29,36,41,47-49,57-58H,1,4,7-11,13,25-27,30-33H2,2H3/t36-,41+,47-,48+,49+,51+/m0/s1. The van der Waals surface area contributed by atoms with Crippen LogP contribution in [0.2, 0.25) is 0 Å². The van der Waals surface area contributed by atoms with Crippen molar-refractivity contribution < 1.29 is 52.5 Å². The summed E-state index contributed by atoms with van der Waals surface area (Å²) in [6.45, 7) is 5.77. The minimum Gasteiger partial charge on any atom is -0.489 e. The highest BCUT2D eigenvalue weighted by molar-refractivity contribution is 6.03. The van der Waals surface area contributed by atoms with Gasteiger partial charge in [-0.2, -0.15) is 0 Å². The molecule has 0 aromatic heterocycles. The van der Waals surface area contributed by atoms with E-state index in [-0.39, 0.29) is 81.9 Å². The number of aliphatic hydroxyl groups excluding tert-OH is 2. The van der Waals surface area contributed by atoms with Gasteiger partial charge in [0.1, 0.15) is 42.4 Å². The van der Waals surface area contributed by atoms with E-state index in [0.717, 1.165) is 24.0 Å². The Morgan fingerprint density at radius 3 is 2.39 bits per heavy atom. The molecule has 1 heterocycles. The number of non-ortho nitro benzene ring substituents is 1. The van der Waals surface area contributed by atoms with Gasteiger partial charge in [-0.05, 0) is 110 Å². The summed E-state index contributed by atoms with van der Waals surface area (Å²) < 4.78 is 55.4. The van der Waals surface area contributed by atoms with Crippen molar-refractivity contribution in [1.82, 2.24) is 4.90 Å². The molecule has 0 saturated heterocycles. The highest BCUT2D eigenvalue weighted by Gasteiger charge is 2.65. The van der Waals surface area contributed by atoms with Gasteiger partial charge in [0.25, 0.3) is 5.69 Å². The highest BCUT2D eigenvalue weighted by Crippen LogP contribution is 2.62. The molecule has 2 aliphatic carbocycles. The zero-order chi connectivity index (χ0) is 46.6. The average molecular weight is 910 g/mol. The van der Waals surface area contributed by atoms with E-state index in [4.69, 9.17) is 28.9 Å². The molecule has 4 aromatic carbocycles. The van der Waals surface area contributed by atoms with Gasteiger partial charge in [0, 0.05) is 55.4 Å². The Balaban J connectivity index is 1.43. The van der Waals surface area contributed by atoms with Crippen LogP contribution in [0.1, 0.15) is 80.0 Å². The number of allylic oxidation sites excluding steroid dienone is 1. The third kappa shape index (κ3) is 10.8. The minimum absolute atomic E-state index is 0.0140.